The molecule has 0 bridgehead atoms. The Morgan fingerprint density at radius 1 is 1.16 bits per heavy atom. The molecule has 4 rings (SSSR count). The van der Waals surface area contributed by atoms with Gasteiger partial charge in [-0.15, -0.1) is 0 Å². The van der Waals surface area contributed by atoms with Crippen molar-refractivity contribution in [2.45, 2.75) is 26.9 Å². The minimum atomic E-state index is -0.309. The Morgan fingerprint density at radius 3 is 2.61 bits per heavy atom. The number of methoxy groups -OCH3 is 1. The number of carbonyl (C=O) groups is 1. The van der Waals surface area contributed by atoms with Crippen LogP contribution >= 0.6 is 34.5 Å². The van der Waals surface area contributed by atoms with E-state index in [-0.39, 0.29) is 19.0 Å². The maximum Gasteiger partial charge on any atom is 0.270 e. The van der Waals surface area contributed by atoms with Crippen LogP contribution in [0.5, 0.6) is 5.75 Å². The minimum absolute atomic E-state index is 0.0289. The van der Waals surface area contributed by atoms with Crippen LogP contribution in [-0.2, 0) is 13.1 Å². The van der Waals surface area contributed by atoms with Crippen LogP contribution < -0.4 is 15.0 Å². The quantitative estimate of drug-likeness (QED) is 0.0977. The number of ether oxygens (including phenoxy) is 1. The Hall–Kier alpha value is -3.89. The number of nitrogens with zero attached hydrogens (tertiary/aromatic N) is 7. The van der Waals surface area contributed by atoms with Crippen LogP contribution in [0, 0.1) is 13.8 Å². The number of hydrogen-bond donors (Lipinski definition) is 1. The molecule has 0 saturated heterocycles. The number of amides is 1. The fourth-order valence-corrected chi connectivity index (χ4v) is 5.18. The molecule has 0 unspecified atom stereocenters. The highest BCUT2D eigenvalue weighted by Gasteiger charge is 2.27. The molecular formula is C25H22Cl2N8O2S. The Kier molecular flexibility index (Phi) is 8.65. The van der Waals surface area contributed by atoms with Crippen LogP contribution in [0.1, 0.15) is 32.3 Å². The first-order valence-corrected chi connectivity index (χ1v) is 12.8. The second-order valence-electron chi connectivity index (χ2n) is 8.06. The zero-order valence-electron chi connectivity index (χ0n) is 20.6. The van der Waals surface area contributed by atoms with Gasteiger partial charge in [-0.3, -0.25) is 4.79 Å². The fraction of sp³-hybridized carbons (Fsp3) is 0.200. The Bertz CT molecular complexity index is 1500. The third-order valence-corrected chi connectivity index (χ3v) is 6.98. The van der Waals surface area contributed by atoms with E-state index in [0.29, 0.717) is 54.5 Å². The van der Waals surface area contributed by atoms with Crippen molar-refractivity contribution in [1.82, 2.24) is 15.0 Å². The summed E-state index contributed by atoms with van der Waals surface area (Å²) in [5.74, 6) is 1.35. The number of thiazole rings is 1. The van der Waals surface area contributed by atoms with Crippen molar-refractivity contribution in [3.63, 3.8) is 0 Å². The number of halogens is 2. The summed E-state index contributed by atoms with van der Waals surface area (Å²) in [5, 5.41) is 7.91. The second kappa shape index (κ2) is 12.1. The predicted molar refractivity (Wildman–Crippen MR) is 150 cm³/mol. The molecule has 0 aliphatic carbocycles. The lowest BCUT2D eigenvalue weighted by Crippen LogP contribution is -2.31. The summed E-state index contributed by atoms with van der Waals surface area (Å²) >= 11 is 13.9. The summed E-state index contributed by atoms with van der Waals surface area (Å²) in [5.41, 5.74) is 11.3. The van der Waals surface area contributed by atoms with Gasteiger partial charge < -0.3 is 15.0 Å². The number of hydrogen-bond acceptors (Lipinski definition) is 8. The Morgan fingerprint density at radius 2 is 1.92 bits per heavy atom. The highest BCUT2D eigenvalue weighted by Crippen LogP contribution is 2.35. The van der Waals surface area contributed by atoms with Gasteiger partial charge in [0.05, 0.1) is 36.6 Å². The van der Waals surface area contributed by atoms with E-state index in [1.54, 1.807) is 50.1 Å². The summed E-state index contributed by atoms with van der Waals surface area (Å²) in [4.78, 5) is 31.8. The average Bonchev–Trinajstić information content (AvgIpc) is 3.25. The van der Waals surface area contributed by atoms with Gasteiger partial charge >= 0.3 is 0 Å². The molecule has 13 heteroatoms. The molecule has 38 heavy (non-hydrogen) atoms. The second-order valence-corrected chi connectivity index (χ2v) is 9.85. The SMILES string of the molecule is COc1ccc(CN(C(=O)c2sc(Nc3cc(Cl)nc(C)n3)nc2C)c2c(Cl)cccc2CN=[N+]=[N-])cc1. The number of nitrogens with one attached hydrogen (secondary N) is 1. The van der Waals surface area contributed by atoms with Crippen molar-refractivity contribution in [2.75, 3.05) is 17.3 Å². The van der Waals surface area contributed by atoms with Gasteiger partial charge in [-0.1, -0.05) is 63.9 Å². The summed E-state index contributed by atoms with van der Waals surface area (Å²) in [6, 6.07) is 14.2. The van der Waals surface area contributed by atoms with E-state index in [0.717, 1.165) is 5.56 Å². The summed E-state index contributed by atoms with van der Waals surface area (Å²) < 4.78 is 5.26. The molecular weight excluding hydrogens is 547 g/mol. The topological polar surface area (TPSA) is 129 Å². The molecule has 4 aromatic rings. The van der Waals surface area contributed by atoms with E-state index in [1.807, 2.05) is 24.3 Å². The standard InChI is InChI=1S/C25H22Cl2N8O2S/c1-14-23(38-25(30-14)33-21-11-20(27)31-15(2)32-21)24(36)35(13-16-7-9-18(37-3)10-8-16)22-17(12-29-34-28)5-4-6-19(22)26/h4-11H,12-13H2,1-3H3,(H,30,31,32,33). The number of rotatable bonds is 9. The fourth-order valence-electron chi connectivity index (χ4n) is 3.74. The smallest absolute Gasteiger partial charge is 0.270 e. The molecule has 2 aromatic carbocycles. The molecule has 0 aliphatic rings. The van der Waals surface area contributed by atoms with E-state index in [9.17, 15) is 4.79 Å². The summed E-state index contributed by atoms with van der Waals surface area (Å²) in [6.45, 7) is 3.72. The molecule has 10 nitrogen and oxygen atoms in total. The highest BCUT2D eigenvalue weighted by atomic mass is 35.5. The van der Waals surface area contributed by atoms with Crippen molar-refractivity contribution in [2.24, 2.45) is 5.11 Å². The number of benzene rings is 2. The van der Waals surface area contributed by atoms with Gasteiger partial charge in [0.1, 0.15) is 27.4 Å². The molecule has 1 N–H and O–H groups in total. The molecule has 0 atom stereocenters. The van der Waals surface area contributed by atoms with Crippen LogP contribution in [0.15, 0.2) is 53.6 Å². The number of anilines is 3. The van der Waals surface area contributed by atoms with Gasteiger partial charge in [-0.2, -0.15) is 0 Å². The maximum absolute atomic E-state index is 14.1. The van der Waals surface area contributed by atoms with Crippen molar-refractivity contribution >= 4 is 57.1 Å². The van der Waals surface area contributed by atoms with Crippen LogP contribution in [-0.4, -0.2) is 28.0 Å². The number of para-hydroxylation sites is 1. The molecule has 0 aliphatic heterocycles. The first-order chi connectivity index (χ1) is 18.3. The lowest BCUT2D eigenvalue weighted by atomic mass is 10.1. The number of azide groups is 1. The molecule has 0 saturated carbocycles. The van der Waals surface area contributed by atoms with Crippen LogP contribution in [0.2, 0.25) is 10.2 Å². The van der Waals surface area contributed by atoms with Gasteiger partial charge in [0.25, 0.3) is 5.91 Å². The molecule has 0 fully saturated rings. The van der Waals surface area contributed by atoms with Crippen LogP contribution in [0.3, 0.4) is 0 Å². The van der Waals surface area contributed by atoms with Crippen LogP contribution in [0.25, 0.3) is 10.4 Å². The maximum atomic E-state index is 14.1. The molecule has 0 radical (unpaired) electrons. The van der Waals surface area contributed by atoms with E-state index in [2.05, 4.69) is 30.3 Å². The molecule has 194 valence electrons. The summed E-state index contributed by atoms with van der Waals surface area (Å²) in [7, 11) is 1.59. The average molecular weight is 569 g/mol. The molecule has 2 aromatic heterocycles. The largest absolute Gasteiger partial charge is 0.497 e. The van der Waals surface area contributed by atoms with E-state index < -0.39 is 0 Å². The zero-order chi connectivity index (χ0) is 27.2. The van der Waals surface area contributed by atoms with Crippen molar-refractivity contribution in [1.29, 1.82) is 0 Å². The van der Waals surface area contributed by atoms with Crippen molar-refractivity contribution < 1.29 is 9.53 Å². The third kappa shape index (κ3) is 6.32. The van der Waals surface area contributed by atoms with Crippen molar-refractivity contribution in [3.8, 4) is 5.75 Å². The first kappa shape index (κ1) is 27.2. The number of aryl methyl sites for hydroxylation is 2. The van der Waals surface area contributed by atoms with Gasteiger partial charge in [-0.25, -0.2) is 15.0 Å². The van der Waals surface area contributed by atoms with Gasteiger partial charge in [-0.05, 0) is 48.7 Å². The highest BCUT2D eigenvalue weighted by molar-refractivity contribution is 7.17. The van der Waals surface area contributed by atoms with Crippen molar-refractivity contribution in [3.05, 3.63) is 96.7 Å². The molecule has 0 spiro atoms. The number of carbonyl (C=O) groups excluding carboxylic acids is 1. The molecule has 1 amide bonds. The summed E-state index contributed by atoms with van der Waals surface area (Å²) in [6.07, 6.45) is 0. The minimum Gasteiger partial charge on any atom is -0.497 e. The van der Waals surface area contributed by atoms with E-state index in [1.165, 1.54) is 11.3 Å². The van der Waals surface area contributed by atoms with Gasteiger partial charge in [0.2, 0.25) is 0 Å². The third-order valence-electron chi connectivity index (χ3n) is 5.42. The molecule has 2 heterocycles. The normalized spacial score (nSPS) is 10.6. The Labute approximate surface area is 232 Å². The van der Waals surface area contributed by atoms with E-state index in [4.69, 9.17) is 33.5 Å². The van der Waals surface area contributed by atoms with Gasteiger partial charge in [0, 0.05) is 11.0 Å². The van der Waals surface area contributed by atoms with E-state index >= 15 is 0 Å². The first-order valence-electron chi connectivity index (χ1n) is 11.3. The lowest BCUT2D eigenvalue weighted by molar-refractivity contribution is 0.0988. The van der Waals surface area contributed by atoms with Gasteiger partial charge in [0.15, 0.2) is 5.13 Å². The zero-order valence-corrected chi connectivity index (χ0v) is 23.0. The monoisotopic (exact) mass is 568 g/mol. The number of aromatic nitrogens is 3. The van der Waals surface area contributed by atoms with Crippen LogP contribution in [0.4, 0.5) is 16.6 Å². The lowest BCUT2D eigenvalue weighted by Gasteiger charge is -2.26. The predicted octanol–water partition coefficient (Wildman–Crippen LogP) is 7.27. The Balaban J connectivity index is 1.74.